The van der Waals surface area contributed by atoms with Crippen molar-refractivity contribution in [3.05, 3.63) is 29.3 Å². The second-order valence-corrected chi connectivity index (χ2v) is 2.91. The van der Waals surface area contributed by atoms with Crippen molar-refractivity contribution in [2.24, 2.45) is 0 Å². The van der Waals surface area contributed by atoms with E-state index in [0.717, 1.165) is 0 Å². The molecular weight excluding hydrogens is 164 g/mol. The first-order valence-corrected chi connectivity index (χ1v) is 3.89. The molecule has 0 spiro atoms. The molecule has 0 radical (unpaired) electrons. The van der Waals surface area contributed by atoms with Crippen LogP contribution in [0.25, 0.3) is 0 Å². The van der Waals surface area contributed by atoms with Crippen molar-refractivity contribution in [2.45, 2.75) is 13.3 Å². The second-order valence-electron chi connectivity index (χ2n) is 2.91. The van der Waals surface area contributed by atoms with Crippen molar-refractivity contribution >= 4 is 5.71 Å². The molecule has 0 fully saturated rings. The Morgan fingerprint density at radius 1 is 1.62 bits per heavy atom. The van der Waals surface area contributed by atoms with Crippen molar-refractivity contribution in [1.29, 1.82) is 10.7 Å². The van der Waals surface area contributed by atoms with Crippen LogP contribution in [0.4, 0.5) is 0 Å². The van der Waals surface area contributed by atoms with Gasteiger partial charge in [-0.3, -0.25) is 0 Å². The van der Waals surface area contributed by atoms with Gasteiger partial charge in [-0.2, -0.15) is 5.26 Å². The second kappa shape index (κ2) is 3.72. The van der Waals surface area contributed by atoms with Crippen LogP contribution in [0, 0.1) is 16.7 Å². The van der Waals surface area contributed by atoms with Gasteiger partial charge < -0.3 is 10.5 Å². The van der Waals surface area contributed by atoms with Crippen LogP contribution in [0.1, 0.15) is 18.1 Å². The molecule has 1 aromatic rings. The Labute approximate surface area is 76.8 Å². The Balaban J connectivity index is 3.05. The van der Waals surface area contributed by atoms with E-state index in [-0.39, 0.29) is 5.75 Å². The molecule has 0 heterocycles. The van der Waals surface area contributed by atoms with E-state index in [1.807, 2.05) is 6.07 Å². The first-order valence-electron chi connectivity index (χ1n) is 3.89. The van der Waals surface area contributed by atoms with E-state index in [9.17, 15) is 5.11 Å². The molecule has 0 atom stereocenters. The quantitative estimate of drug-likeness (QED) is 0.672. The third kappa shape index (κ3) is 2.31. The maximum absolute atomic E-state index is 9.37. The highest BCUT2D eigenvalue weighted by atomic mass is 16.3. The summed E-state index contributed by atoms with van der Waals surface area (Å²) in [5.74, 6) is 0.144. The van der Waals surface area contributed by atoms with E-state index >= 15 is 0 Å². The molecular formula is C10H10N2O. The summed E-state index contributed by atoms with van der Waals surface area (Å²) in [5.41, 5.74) is 1.60. The number of hydrogen-bond acceptors (Lipinski definition) is 3. The highest BCUT2D eigenvalue weighted by Crippen LogP contribution is 2.18. The number of phenolic OH excluding ortho intramolecular Hbond substituents is 1. The van der Waals surface area contributed by atoms with Crippen molar-refractivity contribution in [2.75, 3.05) is 0 Å². The summed E-state index contributed by atoms with van der Waals surface area (Å²) in [5, 5.41) is 25.2. The summed E-state index contributed by atoms with van der Waals surface area (Å²) in [7, 11) is 0. The predicted octanol–water partition coefficient (Wildman–Crippen LogP) is 1.85. The van der Waals surface area contributed by atoms with Crippen molar-refractivity contribution in [3.63, 3.8) is 0 Å². The van der Waals surface area contributed by atoms with Crippen molar-refractivity contribution in [1.82, 2.24) is 0 Å². The Bertz CT molecular complexity index is 377. The summed E-state index contributed by atoms with van der Waals surface area (Å²) in [6, 6.07) is 6.63. The molecule has 0 amide bonds. The molecule has 3 nitrogen and oxygen atoms in total. The number of nitrogens with zero attached hydrogens (tertiary/aromatic N) is 1. The molecule has 0 aliphatic heterocycles. The zero-order valence-corrected chi connectivity index (χ0v) is 7.33. The first-order chi connectivity index (χ1) is 6.13. The fraction of sp³-hybridized carbons (Fsp3) is 0.200. The normalized spacial score (nSPS) is 9.23. The fourth-order valence-electron chi connectivity index (χ4n) is 1.08. The van der Waals surface area contributed by atoms with E-state index < -0.39 is 0 Å². The molecule has 1 aromatic carbocycles. The van der Waals surface area contributed by atoms with Crippen LogP contribution in [0.2, 0.25) is 0 Å². The lowest BCUT2D eigenvalue weighted by atomic mass is 10.1. The van der Waals surface area contributed by atoms with Gasteiger partial charge in [-0.15, -0.1) is 0 Å². The maximum Gasteiger partial charge on any atom is 0.119 e. The van der Waals surface area contributed by atoms with Crippen LogP contribution in [-0.2, 0) is 6.42 Å². The number of hydrogen-bond donors (Lipinski definition) is 2. The van der Waals surface area contributed by atoms with E-state index in [4.69, 9.17) is 10.7 Å². The molecule has 0 saturated heterocycles. The Kier molecular flexibility index (Phi) is 2.65. The Morgan fingerprint density at radius 2 is 2.31 bits per heavy atom. The smallest absolute Gasteiger partial charge is 0.119 e. The number of aromatic hydroxyl groups is 1. The topological polar surface area (TPSA) is 67.9 Å². The van der Waals surface area contributed by atoms with Crippen LogP contribution in [0.3, 0.4) is 0 Å². The van der Waals surface area contributed by atoms with Gasteiger partial charge in [0.05, 0.1) is 11.6 Å². The van der Waals surface area contributed by atoms with Crippen LogP contribution < -0.4 is 0 Å². The van der Waals surface area contributed by atoms with Crippen molar-refractivity contribution in [3.8, 4) is 11.8 Å². The maximum atomic E-state index is 9.37. The largest absolute Gasteiger partial charge is 0.508 e. The van der Waals surface area contributed by atoms with Gasteiger partial charge in [0.2, 0.25) is 0 Å². The van der Waals surface area contributed by atoms with E-state index in [2.05, 4.69) is 0 Å². The van der Waals surface area contributed by atoms with E-state index in [0.29, 0.717) is 23.3 Å². The number of benzene rings is 1. The van der Waals surface area contributed by atoms with Gasteiger partial charge in [0.1, 0.15) is 5.75 Å². The number of rotatable bonds is 2. The summed E-state index contributed by atoms with van der Waals surface area (Å²) < 4.78 is 0. The van der Waals surface area contributed by atoms with E-state index in [1.165, 1.54) is 6.07 Å². The summed E-state index contributed by atoms with van der Waals surface area (Å²) in [6.45, 7) is 1.67. The number of nitriles is 1. The Hall–Kier alpha value is -1.82. The third-order valence-corrected chi connectivity index (χ3v) is 1.66. The lowest BCUT2D eigenvalue weighted by Gasteiger charge is -2.02. The molecule has 0 unspecified atom stereocenters. The summed E-state index contributed by atoms with van der Waals surface area (Å²) in [4.78, 5) is 0. The molecule has 0 saturated carbocycles. The minimum Gasteiger partial charge on any atom is -0.508 e. The monoisotopic (exact) mass is 174 g/mol. The fourth-order valence-corrected chi connectivity index (χ4v) is 1.08. The average molecular weight is 174 g/mol. The van der Waals surface area contributed by atoms with Gasteiger partial charge in [0.25, 0.3) is 0 Å². The lowest BCUT2D eigenvalue weighted by Crippen LogP contribution is -1.96. The minimum absolute atomic E-state index is 0.144. The number of phenols is 1. The SMILES string of the molecule is CC(=N)Cc1cc(C#N)ccc1O. The molecule has 0 aromatic heterocycles. The first kappa shape index (κ1) is 9.27. The van der Waals surface area contributed by atoms with Crippen LogP contribution in [-0.4, -0.2) is 10.8 Å². The van der Waals surface area contributed by atoms with Gasteiger partial charge in [-0.1, -0.05) is 0 Å². The number of nitrogens with one attached hydrogen (secondary N) is 1. The average Bonchev–Trinajstić information content (AvgIpc) is 2.08. The van der Waals surface area contributed by atoms with Gasteiger partial charge in [0.15, 0.2) is 0 Å². The van der Waals surface area contributed by atoms with Crippen LogP contribution in [0.15, 0.2) is 18.2 Å². The molecule has 1 rings (SSSR count). The molecule has 0 aliphatic carbocycles. The van der Waals surface area contributed by atoms with Gasteiger partial charge in [0, 0.05) is 17.7 Å². The Morgan fingerprint density at radius 3 is 2.85 bits per heavy atom. The molecule has 2 N–H and O–H groups in total. The van der Waals surface area contributed by atoms with Gasteiger partial charge >= 0.3 is 0 Å². The molecule has 0 bridgehead atoms. The molecule has 66 valence electrons. The van der Waals surface area contributed by atoms with Crippen molar-refractivity contribution < 1.29 is 5.11 Å². The van der Waals surface area contributed by atoms with Gasteiger partial charge in [-0.05, 0) is 25.1 Å². The molecule has 0 aliphatic rings. The third-order valence-electron chi connectivity index (χ3n) is 1.66. The summed E-state index contributed by atoms with van der Waals surface area (Å²) >= 11 is 0. The highest BCUT2D eigenvalue weighted by Gasteiger charge is 2.03. The van der Waals surface area contributed by atoms with Crippen LogP contribution >= 0.6 is 0 Å². The predicted molar refractivity (Wildman–Crippen MR) is 49.9 cm³/mol. The zero-order valence-electron chi connectivity index (χ0n) is 7.33. The lowest BCUT2D eigenvalue weighted by molar-refractivity contribution is 0.470. The highest BCUT2D eigenvalue weighted by molar-refractivity contribution is 5.81. The van der Waals surface area contributed by atoms with E-state index in [1.54, 1.807) is 19.1 Å². The standard InChI is InChI=1S/C10H10N2O/c1-7(12)4-9-5-8(6-11)2-3-10(9)13/h2-3,5,12-13H,4H2,1H3. The minimum atomic E-state index is 0.144. The van der Waals surface area contributed by atoms with Gasteiger partial charge in [-0.25, -0.2) is 0 Å². The van der Waals surface area contributed by atoms with Crippen LogP contribution in [0.5, 0.6) is 5.75 Å². The zero-order chi connectivity index (χ0) is 9.84. The molecule has 3 heteroatoms. The molecule has 13 heavy (non-hydrogen) atoms. The summed E-state index contributed by atoms with van der Waals surface area (Å²) in [6.07, 6.45) is 0.390.